The van der Waals surface area contributed by atoms with Crippen LogP contribution in [0.2, 0.25) is 0 Å². The van der Waals surface area contributed by atoms with Crippen LogP contribution in [0.1, 0.15) is 58.6 Å². The molecule has 1 aliphatic heterocycles. The van der Waals surface area contributed by atoms with Crippen molar-refractivity contribution in [1.82, 2.24) is 10.3 Å². The number of thiophene rings is 1. The molecule has 0 radical (unpaired) electrons. The van der Waals surface area contributed by atoms with Crippen LogP contribution in [0.15, 0.2) is 21.9 Å². The summed E-state index contributed by atoms with van der Waals surface area (Å²) in [6.45, 7) is 11.2. The van der Waals surface area contributed by atoms with E-state index in [4.69, 9.17) is 5.10 Å². The lowest BCUT2D eigenvalue weighted by Crippen LogP contribution is -2.39. The molecule has 1 unspecified atom stereocenters. The molecule has 112 valence electrons. The van der Waals surface area contributed by atoms with Gasteiger partial charge in [0.2, 0.25) is 0 Å². The topological polar surface area (TPSA) is 27.6 Å². The van der Waals surface area contributed by atoms with E-state index in [2.05, 4.69) is 54.8 Å². The largest absolute Gasteiger partial charge is 0.316 e. The van der Waals surface area contributed by atoms with Crippen molar-refractivity contribution in [2.45, 2.75) is 58.5 Å². The molecule has 0 aliphatic carbocycles. The molecule has 3 nitrogen and oxygen atoms in total. The van der Waals surface area contributed by atoms with Gasteiger partial charge in [0.1, 0.15) is 0 Å². The molecule has 1 fully saturated rings. The SMILES string of the molecule is CC(c1ccsc1)N(/N=C1\CCCNCC1)C(C)(C)C. The first-order chi connectivity index (χ1) is 9.48. The highest BCUT2D eigenvalue weighted by molar-refractivity contribution is 7.07. The highest BCUT2D eigenvalue weighted by Gasteiger charge is 2.26. The zero-order valence-electron chi connectivity index (χ0n) is 13.1. The molecular weight excluding hydrogens is 266 g/mol. The Kier molecular flexibility index (Phi) is 5.22. The molecule has 4 heteroatoms. The Bertz CT molecular complexity index is 421. The first-order valence-corrected chi connectivity index (χ1v) is 8.51. The van der Waals surface area contributed by atoms with Crippen LogP contribution < -0.4 is 5.32 Å². The van der Waals surface area contributed by atoms with Crippen LogP contribution in [-0.4, -0.2) is 29.3 Å². The molecule has 1 atom stereocenters. The molecule has 20 heavy (non-hydrogen) atoms. The van der Waals surface area contributed by atoms with Gasteiger partial charge >= 0.3 is 0 Å². The van der Waals surface area contributed by atoms with Crippen molar-refractivity contribution in [3.63, 3.8) is 0 Å². The van der Waals surface area contributed by atoms with E-state index in [-0.39, 0.29) is 5.54 Å². The zero-order chi connectivity index (χ0) is 14.6. The molecule has 1 aromatic rings. The molecule has 2 heterocycles. The summed E-state index contributed by atoms with van der Waals surface area (Å²) in [6.07, 6.45) is 3.39. The van der Waals surface area contributed by atoms with Gasteiger partial charge in [0.15, 0.2) is 0 Å². The second kappa shape index (κ2) is 6.72. The van der Waals surface area contributed by atoms with Crippen LogP contribution in [0.4, 0.5) is 0 Å². The third-order valence-electron chi connectivity index (χ3n) is 3.74. The summed E-state index contributed by atoms with van der Waals surface area (Å²) in [5, 5.41) is 15.2. The summed E-state index contributed by atoms with van der Waals surface area (Å²) < 4.78 is 0. The molecule has 0 spiro atoms. The summed E-state index contributed by atoms with van der Waals surface area (Å²) >= 11 is 1.76. The number of hydrazone groups is 1. The van der Waals surface area contributed by atoms with Crippen LogP contribution in [0, 0.1) is 0 Å². The molecule has 0 bridgehead atoms. The lowest BCUT2D eigenvalue weighted by molar-refractivity contribution is 0.0944. The third kappa shape index (κ3) is 4.06. The average Bonchev–Trinajstić information content (AvgIpc) is 2.79. The van der Waals surface area contributed by atoms with Crippen LogP contribution in [0.5, 0.6) is 0 Å². The third-order valence-corrected chi connectivity index (χ3v) is 4.44. The quantitative estimate of drug-likeness (QED) is 0.852. The molecular formula is C16H27N3S. The lowest BCUT2D eigenvalue weighted by atomic mass is 10.0. The van der Waals surface area contributed by atoms with Gasteiger partial charge in [-0.25, -0.2) is 0 Å². The van der Waals surface area contributed by atoms with Gasteiger partial charge in [-0.2, -0.15) is 16.4 Å². The predicted molar refractivity (Wildman–Crippen MR) is 88.5 cm³/mol. The predicted octanol–water partition coefficient (Wildman–Crippen LogP) is 4.04. The van der Waals surface area contributed by atoms with Crippen LogP contribution in [-0.2, 0) is 0 Å². The smallest absolute Gasteiger partial charge is 0.0705 e. The van der Waals surface area contributed by atoms with E-state index < -0.39 is 0 Å². The lowest BCUT2D eigenvalue weighted by Gasteiger charge is -2.38. The molecule has 0 amide bonds. The number of hydrogen-bond acceptors (Lipinski definition) is 4. The molecule has 1 aliphatic rings. The zero-order valence-corrected chi connectivity index (χ0v) is 14.0. The van der Waals surface area contributed by atoms with Gasteiger partial charge in [-0.15, -0.1) is 0 Å². The summed E-state index contributed by atoms with van der Waals surface area (Å²) in [4.78, 5) is 0. The highest BCUT2D eigenvalue weighted by atomic mass is 32.1. The van der Waals surface area contributed by atoms with E-state index in [0.717, 1.165) is 25.9 Å². The van der Waals surface area contributed by atoms with Crippen molar-refractivity contribution in [2.24, 2.45) is 5.10 Å². The van der Waals surface area contributed by atoms with Gasteiger partial charge in [0, 0.05) is 12.3 Å². The van der Waals surface area contributed by atoms with Gasteiger partial charge in [-0.3, -0.25) is 5.01 Å². The fourth-order valence-electron chi connectivity index (χ4n) is 2.62. The van der Waals surface area contributed by atoms with Crippen molar-refractivity contribution in [1.29, 1.82) is 0 Å². The molecule has 1 aromatic heterocycles. The molecule has 1 N–H and O–H groups in total. The fourth-order valence-corrected chi connectivity index (χ4v) is 3.37. The van der Waals surface area contributed by atoms with Gasteiger partial charge < -0.3 is 5.32 Å². The second-order valence-corrected chi connectivity index (χ2v) is 7.30. The van der Waals surface area contributed by atoms with E-state index in [9.17, 15) is 0 Å². The van der Waals surface area contributed by atoms with E-state index in [1.165, 1.54) is 17.7 Å². The normalized spacial score (nSPS) is 20.7. The molecule has 0 aromatic carbocycles. The summed E-state index contributed by atoms with van der Waals surface area (Å²) in [7, 11) is 0. The fraction of sp³-hybridized carbons (Fsp3) is 0.688. The summed E-state index contributed by atoms with van der Waals surface area (Å²) in [6, 6.07) is 2.54. The number of rotatable bonds is 3. The molecule has 2 rings (SSSR count). The number of nitrogens with zero attached hydrogens (tertiary/aromatic N) is 2. The maximum Gasteiger partial charge on any atom is 0.0705 e. The van der Waals surface area contributed by atoms with Gasteiger partial charge in [-0.1, -0.05) is 0 Å². The van der Waals surface area contributed by atoms with Gasteiger partial charge in [0.05, 0.1) is 11.6 Å². The highest BCUT2D eigenvalue weighted by Crippen LogP contribution is 2.30. The first kappa shape index (κ1) is 15.5. The van der Waals surface area contributed by atoms with E-state index in [1.807, 2.05) is 0 Å². The minimum Gasteiger partial charge on any atom is -0.316 e. The Labute approximate surface area is 127 Å². The molecule has 0 saturated carbocycles. The molecule has 1 saturated heterocycles. The summed E-state index contributed by atoms with van der Waals surface area (Å²) in [5.41, 5.74) is 2.74. The second-order valence-electron chi connectivity index (χ2n) is 6.52. The Morgan fingerprint density at radius 1 is 1.30 bits per heavy atom. The summed E-state index contributed by atoms with van der Waals surface area (Å²) in [5.74, 6) is 0. The van der Waals surface area contributed by atoms with Crippen molar-refractivity contribution >= 4 is 17.0 Å². The van der Waals surface area contributed by atoms with Crippen molar-refractivity contribution in [3.8, 4) is 0 Å². The Hall–Kier alpha value is -0.870. The number of hydrogen-bond donors (Lipinski definition) is 1. The Balaban J connectivity index is 2.21. The van der Waals surface area contributed by atoms with E-state index in [1.54, 1.807) is 11.3 Å². The average molecular weight is 293 g/mol. The van der Waals surface area contributed by atoms with Gasteiger partial charge in [-0.05, 0) is 75.9 Å². The van der Waals surface area contributed by atoms with Crippen molar-refractivity contribution in [2.75, 3.05) is 13.1 Å². The van der Waals surface area contributed by atoms with Crippen molar-refractivity contribution < 1.29 is 0 Å². The maximum atomic E-state index is 5.04. The van der Waals surface area contributed by atoms with Crippen molar-refractivity contribution in [3.05, 3.63) is 22.4 Å². The van der Waals surface area contributed by atoms with Gasteiger partial charge in [0.25, 0.3) is 0 Å². The standard InChI is InChI=1S/C16H27N3S/c1-13(14-8-11-20-12-14)19(16(2,3)4)18-15-6-5-9-17-10-7-15/h8,11-13,17H,5-7,9-10H2,1-4H3/b18-15+. The minimum atomic E-state index is 0.0358. The maximum absolute atomic E-state index is 5.04. The van der Waals surface area contributed by atoms with E-state index in [0.29, 0.717) is 6.04 Å². The number of nitrogens with one attached hydrogen (secondary N) is 1. The van der Waals surface area contributed by atoms with Crippen LogP contribution in [0.25, 0.3) is 0 Å². The first-order valence-electron chi connectivity index (χ1n) is 7.57. The van der Waals surface area contributed by atoms with Crippen LogP contribution in [0.3, 0.4) is 0 Å². The monoisotopic (exact) mass is 293 g/mol. The van der Waals surface area contributed by atoms with E-state index >= 15 is 0 Å². The Morgan fingerprint density at radius 3 is 2.75 bits per heavy atom. The minimum absolute atomic E-state index is 0.0358. The Morgan fingerprint density at radius 2 is 2.10 bits per heavy atom. The van der Waals surface area contributed by atoms with Crippen LogP contribution >= 0.6 is 11.3 Å².